The average Bonchev–Trinajstić information content (AvgIpc) is 3.16. The number of hydroxylamine groups is 1. The minimum absolute atomic E-state index is 0.0585. The lowest BCUT2D eigenvalue weighted by molar-refractivity contribution is -0.119. The van der Waals surface area contributed by atoms with E-state index in [4.69, 9.17) is 4.63 Å². The summed E-state index contributed by atoms with van der Waals surface area (Å²) in [5.41, 5.74) is 2.48. The zero-order valence-corrected chi connectivity index (χ0v) is 19.0. The van der Waals surface area contributed by atoms with Crippen molar-refractivity contribution in [2.45, 2.75) is 25.7 Å². The highest BCUT2D eigenvalue weighted by atomic mass is 79.9. The predicted octanol–water partition coefficient (Wildman–Crippen LogP) is 2.20. The third kappa shape index (κ3) is 6.15. The molecule has 1 saturated heterocycles. The highest BCUT2D eigenvalue weighted by Crippen LogP contribution is 2.24. The van der Waals surface area contributed by atoms with E-state index < -0.39 is 15.8 Å². The molecule has 1 fully saturated rings. The van der Waals surface area contributed by atoms with Crippen LogP contribution in [0.2, 0.25) is 0 Å². The number of aliphatic imine (C=N–C) groups is 1. The molecule has 0 atom stereocenters. The highest BCUT2D eigenvalue weighted by molar-refractivity contribution is 9.10. The van der Waals surface area contributed by atoms with Gasteiger partial charge in [0.05, 0.1) is 22.8 Å². The van der Waals surface area contributed by atoms with E-state index in [0.29, 0.717) is 31.6 Å². The first-order valence-corrected chi connectivity index (χ1v) is 12.0. The Hall–Kier alpha value is -2.22. The average molecular weight is 518 g/mol. The number of nitrogens with zero attached hydrogens (tertiary/aromatic N) is 4. The number of hydrogen-bond donors (Lipinski definition) is 2. The number of hydrogen-bond acceptors (Lipinski definition) is 8. The van der Waals surface area contributed by atoms with E-state index >= 15 is 0 Å². The number of benzene rings is 1. The number of piperidine rings is 1. The smallest absolute Gasteiger partial charge is 0.211 e. The third-order valence-corrected chi connectivity index (χ3v) is 6.87. The second kappa shape index (κ2) is 9.94. The summed E-state index contributed by atoms with van der Waals surface area (Å²) < 4.78 is 42.9. The van der Waals surface area contributed by atoms with Crippen molar-refractivity contribution >= 4 is 43.3 Å². The fraction of sp³-hybridized carbons (Fsp3) is 0.444. The zero-order valence-electron chi connectivity index (χ0n) is 16.6. The molecule has 2 heterocycles. The molecule has 31 heavy (non-hydrogen) atoms. The number of sulfonamides is 1. The van der Waals surface area contributed by atoms with Crippen molar-refractivity contribution in [3.63, 3.8) is 0 Å². The zero-order chi connectivity index (χ0) is 22.6. The number of halogens is 2. The Morgan fingerprint density at radius 3 is 2.71 bits per heavy atom. The van der Waals surface area contributed by atoms with Gasteiger partial charge in [0.2, 0.25) is 10.0 Å². The van der Waals surface area contributed by atoms with Crippen molar-refractivity contribution in [2.24, 2.45) is 10.9 Å². The maximum Gasteiger partial charge on any atom is 0.211 e. The molecule has 3 rings (SSSR count). The molecule has 1 aromatic heterocycles. The summed E-state index contributed by atoms with van der Waals surface area (Å²) in [5, 5.41) is 16.9. The van der Waals surface area contributed by atoms with Crippen LogP contribution in [0.3, 0.4) is 0 Å². The van der Waals surface area contributed by atoms with Gasteiger partial charge in [0.15, 0.2) is 11.5 Å². The minimum Gasteiger partial charge on any atom is -0.299 e. The van der Waals surface area contributed by atoms with Gasteiger partial charge in [0.25, 0.3) is 0 Å². The number of carbonyl (C=O) groups is 1. The summed E-state index contributed by atoms with van der Waals surface area (Å²) in [4.78, 5) is 16.7. The van der Waals surface area contributed by atoms with Gasteiger partial charge in [-0.05, 0) is 58.0 Å². The normalized spacial score (nSPS) is 16.5. The molecule has 0 aliphatic carbocycles. The maximum atomic E-state index is 13.4. The summed E-state index contributed by atoms with van der Waals surface area (Å²) in [7, 11) is -3.22. The van der Waals surface area contributed by atoms with Crippen molar-refractivity contribution in [3.8, 4) is 0 Å². The molecule has 2 aromatic rings. The fourth-order valence-corrected chi connectivity index (χ4v) is 4.58. The van der Waals surface area contributed by atoms with Crippen molar-refractivity contribution in [2.75, 3.05) is 19.3 Å². The van der Waals surface area contributed by atoms with Crippen LogP contribution < -0.4 is 5.48 Å². The number of Topliss-reactive ketones (excluding diaryl/α,β-unsaturated/α-hetero) is 1. The lowest BCUT2D eigenvalue weighted by atomic mass is 9.91. The molecule has 13 heteroatoms. The number of carbonyl (C=O) groups excluding carboxylic acids is 1. The molecule has 2 N–H and O–H groups in total. The molecule has 0 spiro atoms. The van der Waals surface area contributed by atoms with E-state index in [1.165, 1.54) is 28.8 Å². The van der Waals surface area contributed by atoms with Gasteiger partial charge < -0.3 is 0 Å². The summed E-state index contributed by atoms with van der Waals surface area (Å²) in [6.45, 7) is 0.790. The first-order chi connectivity index (χ1) is 14.7. The van der Waals surface area contributed by atoms with E-state index in [0.717, 1.165) is 0 Å². The van der Waals surface area contributed by atoms with E-state index in [1.54, 1.807) is 0 Å². The van der Waals surface area contributed by atoms with Gasteiger partial charge in [-0.1, -0.05) is 5.16 Å². The predicted molar refractivity (Wildman–Crippen MR) is 112 cm³/mol. The van der Waals surface area contributed by atoms with Crippen molar-refractivity contribution in [1.82, 2.24) is 20.1 Å². The van der Waals surface area contributed by atoms with Crippen LogP contribution in [-0.2, 0) is 21.2 Å². The Morgan fingerprint density at radius 1 is 1.39 bits per heavy atom. The maximum absolute atomic E-state index is 13.4. The van der Waals surface area contributed by atoms with Crippen LogP contribution >= 0.6 is 15.9 Å². The van der Waals surface area contributed by atoms with Gasteiger partial charge in [0.1, 0.15) is 17.3 Å². The Balaban J connectivity index is 1.66. The number of amidine groups is 1. The first kappa shape index (κ1) is 23.4. The van der Waals surface area contributed by atoms with E-state index in [2.05, 4.69) is 31.2 Å². The molecule has 0 saturated carbocycles. The summed E-state index contributed by atoms with van der Waals surface area (Å²) in [5.74, 6) is -0.607. The summed E-state index contributed by atoms with van der Waals surface area (Å²) >= 11 is 3.06. The molecular weight excluding hydrogens is 497 g/mol. The molecule has 0 bridgehead atoms. The third-order valence-electron chi connectivity index (χ3n) is 4.95. The molecule has 0 radical (unpaired) electrons. The quantitative estimate of drug-likeness (QED) is 0.323. The van der Waals surface area contributed by atoms with Crippen LogP contribution in [0.4, 0.5) is 10.1 Å². The Morgan fingerprint density at radius 2 is 2.10 bits per heavy atom. The molecule has 1 aliphatic heterocycles. The summed E-state index contributed by atoms with van der Waals surface area (Å²) in [6, 6.07) is 4.02. The number of aromatic nitrogens is 2. The van der Waals surface area contributed by atoms with E-state index in [9.17, 15) is 22.8 Å². The number of ketones is 1. The van der Waals surface area contributed by atoms with Gasteiger partial charge >= 0.3 is 0 Å². The summed E-state index contributed by atoms with van der Waals surface area (Å²) in [6.07, 6.45) is 2.57. The van der Waals surface area contributed by atoms with Gasteiger partial charge in [-0.25, -0.2) is 26.7 Å². The molecular formula is C18H21BrFN5O5S. The van der Waals surface area contributed by atoms with Crippen LogP contribution in [0.1, 0.15) is 30.7 Å². The Bertz CT molecular complexity index is 1080. The SMILES string of the molecule is CS(=O)(=O)N1CCC(CC(=O)Cc2nonc2C(=Nc2ccc(F)c(Br)c2)NO)CC1. The van der Waals surface area contributed by atoms with Gasteiger partial charge in [-0.3, -0.25) is 15.5 Å². The van der Waals surface area contributed by atoms with E-state index in [-0.39, 0.29) is 46.2 Å². The monoisotopic (exact) mass is 517 g/mol. The van der Waals surface area contributed by atoms with Crippen LogP contribution in [-0.4, -0.2) is 59.2 Å². The van der Waals surface area contributed by atoms with Gasteiger partial charge in [-0.2, -0.15) is 0 Å². The fourth-order valence-electron chi connectivity index (χ4n) is 3.34. The Labute approximate surface area is 186 Å². The lowest BCUT2D eigenvalue weighted by Gasteiger charge is -2.29. The minimum atomic E-state index is -3.22. The molecule has 0 amide bonds. The number of nitrogens with one attached hydrogen (secondary N) is 1. The topological polar surface area (TPSA) is 138 Å². The molecule has 1 aromatic carbocycles. The second-order valence-corrected chi connectivity index (χ2v) is 10.1. The lowest BCUT2D eigenvalue weighted by Crippen LogP contribution is -2.38. The standard InChI is InChI=1S/C18H21BrFN5O5S/c1-31(28,29)25-6-4-11(5-7-25)8-13(26)10-16-17(24-30-23-16)18(22-27)21-12-2-3-15(20)14(19)9-12/h2-3,9,11,27H,4-8,10H2,1H3,(H,21,22). The highest BCUT2D eigenvalue weighted by Gasteiger charge is 2.27. The van der Waals surface area contributed by atoms with Crippen LogP contribution in [0.5, 0.6) is 0 Å². The van der Waals surface area contributed by atoms with Crippen molar-refractivity contribution in [3.05, 3.63) is 39.9 Å². The molecule has 1 aliphatic rings. The molecule has 0 unspecified atom stereocenters. The van der Waals surface area contributed by atoms with E-state index in [1.807, 2.05) is 5.48 Å². The van der Waals surface area contributed by atoms with Gasteiger partial charge in [0, 0.05) is 19.5 Å². The molecule has 10 nitrogen and oxygen atoms in total. The second-order valence-electron chi connectivity index (χ2n) is 7.26. The largest absolute Gasteiger partial charge is 0.299 e. The van der Waals surface area contributed by atoms with Crippen LogP contribution in [0.15, 0.2) is 32.3 Å². The van der Waals surface area contributed by atoms with Crippen molar-refractivity contribution < 1.29 is 27.4 Å². The number of rotatable bonds is 7. The van der Waals surface area contributed by atoms with Crippen LogP contribution in [0, 0.1) is 11.7 Å². The van der Waals surface area contributed by atoms with Gasteiger partial charge in [-0.15, -0.1) is 0 Å². The van der Waals surface area contributed by atoms with Crippen LogP contribution in [0.25, 0.3) is 0 Å². The molecule has 168 valence electrons. The first-order valence-electron chi connectivity index (χ1n) is 9.40. The van der Waals surface area contributed by atoms with Crippen molar-refractivity contribution in [1.29, 1.82) is 0 Å². The Kier molecular flexibility index (Phi) is 7.51.